The molecule has 0 N–H and O–H groups in total. The Morgan fingerprint density at radius 1 is 1.04 bits per heavy atom. The third-order valence-corrected chi connectivity index (χ3v) is 6.28. The summed E-state index contributed by atoms with van der Waals surface area (Å²) >= 11 is 0. The van der Waals surface area contributed by atoms with Gasteiger partial charge in [0.2, 0.25) is 0 Å². The van der Waals surface area contributed by atoms with Crippen molar-refractivity contribution < 1.29 is 9.53 Å². The highest BCUT2D eigenvalue weighted by atomic mass is 16.5. The number of ketones is 1. The van der Waals surface area contributed by atoms with E-state index in [0.717, 1.165) is 68.6 Å². The monoisotopic (exact) mass is 349 g/mol. The summed E-state index contributed by atoms with van der Waals surface area (Å²) in [7, 11) is 1.68. The number of aryl methyl sites for hydroxylation is 1. The van der Waals surface area contributed by atoms with Gasteiger partial charge in [-0.2, -0.15) is 0 Å². The Balaban J connectivity index is 1.39. The number of benzene rings is 2. The van der Waals surface area contributed by atoms with Gasteiger partial charge in [-0.3, -0.25) is 4.79 Å². The van der Waals surface area contributed by atoms with Crippen LogP contribution in [0.5, 0.6) is 5.75 Å². The van der Waals surface area contributed by atoms with Crippen molar-refractivity contribution >= 4 is 5.78 Å². The van der Waals surface area contributed by atoms with Crippen LogP contribution in [0, 0.1) is 5.41 Å². The maximum absolute atomic E-state index is 13.2. The molecule has 1 aliphatic heterocycles. The molecule has 3 heteroatoms. The number of carbonyl (C=O) groups excluding carboxylic acids is 1. The summed E-state index contributed by atoms with van der Waals surface area (Å²) in [6.07, 6.45) is 5.05. The molecule has 1 aliphatic carbocycles. The van der Waals surface area contributed by atoms with Crippen LogP contribution in [-0.2, 0) is 12.8 Å². The highest BCUT2D eigenvalue weighted by Gasteiger charge is 2.44. The zero-order chi connectivity index (χ0) is 18.0. The average molecular weight is 349 g/mol. The number of piperidine rings is 1. The van der Waals surface area contributed by atoms with E-state index in [1.54, 1.807) is 7.11 Å². The average Bonchev–Trinajstić information content (AvgIpc) is 2.71. The maximum Gasteiger partial charge on any atom is 0.169 e. The highest BCUT2D eigenvalue weighted by molar-refractivity contribution is 6.03. The lowest BCUT2D eigenvalue weighted by Crippen LogP contribution is -2.46. The Morgan fingerprint density at radius 3 is 2.54 bits per heavy atom. The second kappa shape index (κ2) is 7.24. The van der Waals surface area contributed by atoms with Crippen LogP contribution in [0.2, 0.25) is 0 Å². The summed E-state index contributed by atoms with van der Waals surface area (Å²) in [5.41, 5.74) is 3.34. The van der Waals surface area contributed by atoms with E-state index < -0.39 is 0 Å². The molecule has 2 aromatic rings. The van der Waals surface area contributed by atoms with E-state index in [9.17, 15) is 4.79 Å². The van der Waals surface area contributed by atoms with E-state index in [0.29, 0.717) is 5.78 Å². The zero-order valence-corrected chi connectivity index (χ0v) is 15.5. The van der Waals surface area contributed by atoms with Crippen molar-refractivity contribution in [3.8, 4) is 5.75 Å². The van der Waals surface area contributed by atoms with Crippen molar-refractivity contribution in [1.82, 2.24) is 4.90 Å². The van der Waals surface area contributed by atoms with E-state index in [1.165, 1.54) is 5.56 Å². The van der Waals surface area contributed by atoms with Crippen LogP contribution in [0.4, 0.5) is 0 Å². The van der Waals surface area contributed by atoms with Crippen molar-refractivity contribution in [1.29, 1.82) is 0 Å². The van der Waals surface area contributed by atoms with Gasteiger partial charge in [0, 0.05) is 17.5 Å². The lowest BCUT2D eigenvalue weighted by Gasteiger charge is -2.43. The topological polar surface area (TPSA) is 29.5 Å². The summed E-state index contributed by atoms with van der Waals surface area (Å²) in [6, 6.07) is 16.6. The molecule has 0 atom stereocenters. The summed E-state index contributed by atoms with van der Waals surface area (Å²) in [4.78, 5) is 15.7. The van der Waals surface area contributed by atoms with E-state index in [-0.39, 0.29) is 5.41 Å². The third kappa shape index (κ3) is 3.28. The Hall–Kier alpha value is -2.13. The lowest BCUT2D eigenvalue weighted by molar-refractivity contribution is 0.0543. The molecule has 1 heterocycles. The second-order valence-corrected chi connectivity index (χ2v) is 7.71. The minimum absolute atomic E-state index is 0.134. The highest BCUT2D eigenvalue weighted by Crippen LogP contribution is 2.44. The number of rotatable bonds is 4. The first-order valence-electron chi connectivity index (χ1n) is 9.68. The summed E-state index contributed by atoms with van der Waals surface area (Å²) in [6.45, 7) is 3.15. The standard InChI is InChI=1S/C23H27NO2/c1-26-20-7-8-21-19(17-20)9-11-23(22(21)25)12-15-24(16-13-23)14-10-18-5-3-2-4-6-18/h2-8,17H,9-16H2,1H3. The van der Waals surface area contributed by atoms with E-state index in [2.05, 4.69) is 35.2 Å². The van der Waals surface area contributed by atoms with Crippen LogP contribution >= 0.6 is 0 Å². The van der Waals surface area contributed by atoms with Crippen LogP contribution < -0.4 is 4.74 Å². The van der Waals surface area contributed by atoms with Crippen LogP contribution in [0.25, 0.3) is 0 Å². The van der Waals surface area contributed by atoms with Gasteiger partial charge < -0.3 is 9.64 Å². The molecule has 3 nitrogen and oxygen atoms in total. The third-order valence-electron chi connectivity index (χ3n) is 6.28. The molecule has 0 amide bonds. The minimum atomic E-state index is -0.134. The number of carbonyl (C=O) groups is 1. The summed E-state index contributed by atoms with van der Waals surface area (Å²) in [5, 5.41) is 0. The van der Waals surface area contributed by atoms with E-state index >= 15 is 0 Å². The Bertz CT molecular complexity index is 776. The van der Waals surface area contributed by atoms with E-state index in [4.69, 9.17) is 4.74 Å². The number of ether oxygens (including phenoxy) is 1. The maximum atomic E-state index is 13.2. The summed E-state index contributed by atoms with van der Waals surface area (Å²) in [5.74, 6) is 1.22. The van der Waals surface area contributed by atoms with Gasteiger partial charge in [-0.05, 0) is 74.5 Å². The van der Waals surface area contributed by atoms with Gasteiger partial charge in [-0.25, -0.2) is 0 Å². The van der Waals surface area contributed by atoms with Gasteiger partial charge in [0.1, 0.15) is 5.75 Å². The smallest absolute Gasteiger partial charge is 0.169 e. The number of fused-ring (bicyclic) bond motifs is 1. The van der Waals surface area contributed by atoms with E-state index in [1.807, 2.05) is 18.2 Å². The predicted molar refractivity (Wildman–Crippen MR) is 104 cm³/mol. The Morgan fingerprint density at radius 2 is 1.81 bits per heavy atom. The predicted octanol–water partition coefficient (Wildman–Crippen LogP) is 4.15. The fourth-order valence-corrected chi connectivity index (χ4v) is 4.51. The van der Waals surface area contributed by atoms with Crippen molar-refractivity contribution in [2.24, 2.45) is 5.41 Å². The Labute approximate surface area is 156 Å². The van der Waals surface area contributed by atoms with Gasteiger partial charge in [-0.1, -0.05) is 30.3 Å². The van der Waals surface area contributed by atoms with Crippen molar-refractivity contribution in [2.75, 3.05) is 26.7 Å². The van der Waals surface area contributed by atoms with Gasteiger partial charge in [0.25, 0.3) is 0 Å². The first-order chi connectivity index (χ1) is 12.7. The molecule has 0 aromatic heterocycles. The van der Waals surface area contributed by atoms with Gasteiger partial charge in [0.05, 0.1) is 7.11 Å². The van der Waals surface area contributed by atoms with Gasteiger partial charge in [0.15, 0.2) is 5.78 Å². The molecule has 1 saturated heterocycles. The fraction of sp³-hybridized carbons (Fsp3) is 0.435. The number of likely N-dealkylation sites (tertiary alicyclic amines) is 1. The minimum Gasteiger partial charge on any atom is -0.497 e. The quantitative estimate of drug-likeness (QED) is 0.830. The van der Waals surface area contributed by atoms with Gasteiger partial charge >= 0.3 is 0 Å². The molecule has 0 saturated carbocycles. The Kier molecular flexibility index (Phi) is 4.82. The molecule has 136 valence electrons. The van der Waals surface area contributed by atoms with Crippen molar-refractivity contribution in [3.05, 3.63) is 65.2 Å². The van der Waals surface area contributed by atoms with Crippen LogP contribution in [-0.4, -0.2) is 37.4 Å². The number of hydrogen-bond donors (Lipinski definition) is 0. The molecule has 2 aromatic carbocycles. The van der Waals surface area contributed by atoms with Gasteiger partial charge in [-0.15, -0.1) is 0 Å². The normalized spacial score (nSPS) is 19.3. The molecule has 0 bridgehead atoms. The molecule has 26 heavy (non-hydrogen) atoms. The molecular formula is C23H27NO2. The van der Waals surface area contributed by atoms with Crippen LogP contribution in [0.3, 0.4) is 0 Å². The molecule has 4 rings (SSSR count). The van der Waals surface area contributed by atoms with Crippen molar-refractivity contribution in [2.45, 2.75) is 32.1 Å². The molecule has 0 radical (unpaired) electrons. The fourth-order valence-electron chi connectivity index (χ4n) is 4.51. The van der Waals surface area contributed by atoms with Crippen LogP contribution in [0.15, 0.2) is 48.5 Å². The zero-order valence-electron chi connectivity index (χ0n) is 15.5. The lowest BCUT2D eigenvalue weighted by atomic mass is 9.65. The molecule has 1 fully saturated rings. The molecular weight excluding hydrogens is 322 g/mol. The number of methoxy groups -OCH3 is 1. The first-order valence-corrected chi connectivity index (χ1v) is 9.68. The summed E-state index contributed by atoms with van der Waals surface area (Å²) < 4.78 is 5.31. The number of nitrogens with zero attached hydrogens (tertiary/aromatic N) is 1. The van der Waals surface area contributed by atoms with Crippen LogP contribution in [0.1, 0.15) is 40.7 Å². The second-order valence-electron chi connectivity index (χ2n) is 7.71. The molecule has 1 spiro atoms. The SMILES string of the molecule is COc1ccc2c(c1)CCC1(CCN(CCc3ccccc3)CC1)C2=O. The number of Topliss-reactive ketones (excluding diaryl/α,β-unsaturated/α-hetero) is 1. The molecule has 0 unspecified atom stereocenters. The largest absolute Gasteiger partial charge is 0.497 e. The van der Waals surface area contributed by atoms with Crippen molar-refractivity contribution in [3.63, 3.8) is 0 Å². The number of hydrogen-bond acceptors (Lipinski definition) is 3. The first kappa shape index (κ1) is 17.3. The molecule has 2 aliphatic rings.